The minimum Gasteiger partial charge on any atom is -0.453 e. The second-order valence-electron chi connectivity index (χ2n) is 6.65. The Hall–Kier alpha value is -2.73. The standard InChI is InChI=1S/C21H22N2O3S/c1-13(2)23-14(3)10-17(15(23)4)19(24)11-26-21(25)18-12-27-20(22-18)16-8-6-5-7-9-16/h5-10,12-13H,11H2,1-4H3. The molecule has 0 unspecified atom stereocenters. The molecule has 6 heteroatoms. The summed E-state index contributed by atoms with van der Waals surface area (Å²) in [5.41, 5.74) is 3.67. The number of ketones is 1. The van der Waals surface area contributed by atoms with Gasteiger partial charge in [0.05, 0.1) is 0 Å². The molecule has 0 aliphatic heterocycles. The van der Waals surface area contributed by atoms with Crippen molar-refractivity contribution < 1.29 is 14.3 Å². The van der Waals surface area contributed by atoms with Gasteiger partial charge in [0, 0.05) is 33.9 Å². The zero-order valence-corrected chi connectivity index (χ0v) is 16.7. The van der Waals surface area contributed by atoms with E-state index in [-0.39, 0.29) is 24.1 Å². The minimum absolute atomic E-state index is 0.207. The molecule has 1 aromatic carbocycles. The number of carbonyl (C=O) groups excluding carboxylic acids is 2. The summed E-state index contributed by atoms with van der Waals surface area (Å²) in [7, 11) is 0. The number of carbonyl (C=O) groups is 2. The molecule has 0 N–H and O–H groups in total. The van der Waals surface area contributed by atoms with E-state index in [1.54, 1.807) is 5.38 Å². The summed E-state index contributed by atoms with van der Waals surface area (Å²) < 4.78 is 7.30. The van der Waals surface area contributed by atoms with Crippen molar-refractivity contribution in [2.75, 3.05) is 6.61 Å². The first-order valence-corrected chi connectivity index (χ1v) is 9.66. The molecule has 27 heavy (non-hydrogen) atoms. The van der Waals surface area contributed by atoms with Crippen LogP contribution in [0.4, 0.5) is 0 Å². The fourth-order valence-electron chi connectivity index (χ4n) is 3.22. The molecule has 0 radical (unpaired) electrons. The number of thiazole rings is 1. The number of Topliss-reactive ketones (excluding diaryl/α,β-unsaturated/α-hetero) is 1. The van der Waals surface area contributed by atoms with E-state index in [1.807, 2.05) is 50.2 Å². The topological polar surface area (TPSA) is 61.2 Å². The van der Waals surface area contributed by atoms with Crippen molar-refractivity contribution in [2.45, 2.75) is 33.7 Å². The normalized spacial score (nSPS) is 11.0. The first-order chi connectivity index (χ1) is 12.9. The Morgan fingerprint density at radius 2 is 1.89 bits per heavy atom. The molecule has 3 aromatic rings. The van der Waals surface area contributed by atoms with Crippen LogP contribution in [0.5, 0.6) is 0 Å². The second kappa shape index (κ2) is 7.88. The highest BCUT2D eigenvalue weighted by atomic mass is 32.1. The van der Waals surface area contributed by atoms with Crippen LogP contribution in [0.2, 0.25) is 0 Å². The highest BCUT2D eigenvalue weighted by Gasteiger charge is 2.20. The van der Waals surface area contributed by atoms with Crippen molar-refractivity contribution in [2.24, 2.45) is 0 Å². The zero-order chi connectivity index (χ0) is 19.6. The third-order valence-corrected chi connectivity index (χ3v) is 5.26. The number of ether oxygens (including phenoxy) is 1. The maximum absolute atomic E-state index is 12.5. The van der Waals surface area contributed by atoms with Gasteiger partial charge in [0.25, 0.3) is 0 Å². The van der Waals surface area contributed by atoms with Gasteiger partial charge in [-0.05, 0) is 33.8 Å². The molecule has 0 amide bonds. The van der Waals surface area contributed by atoms with E-state index in [9.17, 15) is 9.59 Å². The van der Waals surface area contributed by atoms with E-state index in [2.05, 4.69) is 23.4 Å². The van der Waals surface area contributed by atoms with E-state index in [4.69, 9.17) is 4.74 Å². The quantitative estimate of drug-likeness (QED) is 0.452. The number of hydrogen-bond donors (Lipinski definition) is 0. The summed E-state index contributed by atoms with van der Waals surface area (Å²) >= 11 is 1.37. The van der Waals surface area contributed by atoms with Crippen LogP contribution in [0.15, 0.2) is 41.8 Å². The monoisotopic (exact) mass is 382 g/mol. The first-order valence-electron chi connectivity index (χ1n) is 8.78. The fourth-order valence-corrected chi connectivity index (χ4v) is 4.01. The SMILES string of the molecule is Cc1cc(C(=O)COC(=O)c2csc(-c3ccccc3)n2)c(C)n1C(C)C. The van der Waals surface area contributed by atoms with Crippen LogP contribution in [0, 0.1) is 13.8 Å². The number of aryl methyl sites for hydroxylation is 1. The van der Waals surface area contributed by atoms with Crippen LogP contribution in [-0.4, -0.2) is 27.9 Å². The average molecular weight is 382 g/mol. The van der Waals surface area contributed by atoms with Crippen LogP contribution in [-0.2, 0) is 4.74 Å². The lowest BCUT2D eigenvalue weighted by Crippen LogP contribution is -2.15. The molecule has 0 bridgehead atoms. The summed E-state index contributed by atoms with van der Waals surface area (Å²) in [6.45, 7) is 7.73. The molecule has 2 aromatic heterocycles. The van der Waals surface area contributed by atoms with Gasteiger partial charge in [0.15, 0.2) is 12.3 Å². The van der Waals surface area contributed by atoms with Gasteiger partial charge < -0.3 is 9.30 Å². The summed E-state index contributed by atoms with van der Waals surface area (Å²) in [4.78, 5) is 29.1. The summed E-state index contributed by atoms with van der Waals surface area (Å²) in [5, 5.41) is 2.40. The van der Waals surface area contributed by atoms with E-state index < -0.39 is 5.97 Å². The van der Waals surface area contributed by atoms with Gasteiger partial charge in [-0.1, -0.05) is 30.3 Å². The molecule has 0 aliphatic rings. The van der Waals surface area contributed by atoms with Crippen molar-refractivity contribution in [1.82, 2.24) is 9.55 Å². The molecule has 140 valence electrons. The largest absolute Gasteiger partial charge is 0.453 e. The fraction of sp³-hybridized carbons (Fsp3) is 0.286. The molecule has 3 rings (SSSR count). The molecule has 0 spiro atoms. The Balaban J connectivity index is 1.67. The lowest BCUT2D eigenvalue weighted by Gasteiger charge is -2.13. The van der Waals surface area contributed by atoms with Crippen molar-refractivity contribution in [1.29, 1.82) is 0 Å². The second-order valence-corrected chi connectivity index (χ2v) is 7.51. The Labute approximate surface area is 162 Å². The van der Waals surface area contributed by atoms with Crippen molar-refractivity contribution >= 4 is 23.1 Å². The van der Waals surface area contributed by atoms with Crippen molar-refractivity contribution in [3.8, 4) is 10.6 Å². The third-order valence-electron chi connectivity index (χ3n) is 4.37. The van der Waals surface area contributed by atoms with Crippen molar-refractivity contribution in [3.63, 3.8) is 0 Å². The first kappa shape index (κ1) is 19.0. The van der Waals surface area contributed by atoms with Gasteiger partial charge in [0.2, 0.25) is 5.78 Å². The molecular formula is C21H22N2O3S. The molecule has 5 nitrogen and oxygen atoms in total. The third kappa shape index (κ3) is 4.01. The number of benzene rings is 1. The number of hydrogen-bond acceptors (Lipinski definition) is 5. The van der Waals surface area contributed by atoms with E-state index in [0.717, 1.165) is 22.0 Å². The molecular weight excluding hydrogens is 360 g/mol. The number of esters is 1. The Morgan fingerprint density at radius 1 is 1.19 bits per heavy atom. The number of rotatable bonds is 6. The summed E-state index contributed by atoms with van der Waals surface area (Å²) in [6.07, 6.45) is 0. The lowest BCUT2D eigenvalue weighted by molar-refractivity contribution is 0.0469. The summed E-state index contributed by atoms with van der Waals surface area (Å²) in [5.74, 6) is -0.790. The highest BCUT2D eigenvalue weighted by Crippen LogP contribution is 2.24. The molecule has 0 atom stereocenters. The predicted octanol–water partition coefficient (Wildman–Crippen LogP) is 4.85. The maximum atomic E-state index is 12.5. The smallest absolute Gasteiger partial charge is 0.358 e. The van der Waals surface area contributed by atoms with Crippen LogP contribution < -0.4 is 0 Å². The van der Waals surface area contributed by atoms with E-state index >= 15 is 0 Å². The average Bonchev–Trinajstić information content (AvgIpc) is 3.25. The zero-order valence-electron chi connectivity index (χ0n) is 15.9. The van der Waals surface area contributed by atoms with E-state index in [1.165, 1.54) is 11.3 Å². The molecule has 0 fully saturated rings. The Morgan fingerprint density at radius 3 is 2.52 bits per heavy atom. The van der Waals surface area contributed by atoms with Gasteiger partial charge in [-0.2, -0.15) is 0 Å². The van der Waals surface area contributed by atoms with Crippen LogP contribution in [0.1, 0.15) is 52.1 Å². The summed E-state index contributed by atoms with van der Waals surface area (Å²) in [6, 6.07) is 11.7. The van der Waals surface area contributed by atoms with Gasteiger partial charge in [0.1, 0.15) is 5.01 Å². The minimum atomic E-state index is -0.584. The highest BCUT2D eigenvalue weighted by molar-refractivity contribution is 7.13. The van der Waals surface area contributed by atoms with Gasteiger partial charge in [-0.25, -0.2) is 9.78 Å². The lowest BCUT2D eigenvalue weighted by atomic mass is 10.1. The molecule has 0 saturated carbocycles. The number of nitrogens with zero attached hydrogens (tertiary/aromatic N) is 2. The Kier molecular flexibility index (Phi) is 5.56. The van der Waals surface area contributed by atoms with Crippen molar-refractivity contribution in [3.05, 3.63) is 64.4 Å². The van der Waals surface area contributed by atoms with Gasteiger partial charge >= 0.3 is 5.97 Å². The number of aromatic nitrogens is 2. The van der Waals surface area contributed by atoms with Crippen LogP contribution in [0.25, 0.3) is 10.6 Å². The molecule has 0 saturated heterocycles. The predicted molar refractivity (Wildman–Crippen MR) is 106 cm³/mol. The van der Waals surface area contributed by atoms with E-state index in [0.29, 0.717) is 5.56 Å². The molecule has 2 heterocycles. The molecule has 0 aliphatic carbocycles. The van der Waals surface area contributed by atoms with Crippen LogP contribution >= 0.6 is 11.3 Å². The maximum Gasteiger partial charge on any atom is 0.358 e. The van der Waals surface area contributed by atoms with Gasteiger partial charge in [-0.3, -0.25) is 4.79 Å². The van der Waals surface area contributed by atoms with Crippen LogP contribution in [0.3, 0.4) is 0 Å². The van der Waals surface area contributed by atoms with Gasteiger partial charge in [-0.15, -0.1) is 11.3 Å². The Bertz CT molecular complexity index is 971.